The van der Waals surface area contributed by atoms with E-state index in [2.05, 4.69) is 41.1 Å². The van der Waals surface area contributed by atoms with Crippen molar-refractivity contribution in [3.05, 3.63) is 29.8 Å². The van der Waals surface area contributed by atoms with E-state index in [0.717, 1.165) is 42.0 Å². The molecule has 0 aliphatic carbocycles. The summed E-state index contributed by atoms with van der Waals surface area (Å²) in [4.78, 5) is 10.2. The Kier molecular flexibility index (Phi) is 3.03. The van der Waals surface area contributed by atoms with Crippen molar-refractivity contribution in [3.8, 4) is 0 Å². The number of aryl methyl sites for hydroxylation is 1. The number of fused-ring (bicyclic) bond motifs is 3. The molecule has 0 aliphatic heterocycles. The van der Waals surface area contributed by atoms with Crippen molar-refractivity contribution in [1.82, 2.24) is 14.9 Å². The van der Waals surface area contributed by atoms with E-state index in [1.807, 2.05) is 13.0 Å². The molecule has 2 aromatic heterocycles. The van der Waals surface area contributed by atoms with Gasteiger partial charge >= 0.3 is 0 Å². The van der Waals surface area contributed by atoms with Crippen LogP contribution in [0.25, 0.3) is 22.0 Å². The van der Waals surface area contributed by atoms with Crippen molar-refractivity contribution in [2.75, 3.05) is 20.1 Å². The van der Waals surface area contributed by atoms with Gasteiger partial charge in [0, 0.05) is 30.6 Å². The van der Waals surface area contributed by atoms with Crippen LogP contribution in [0.3, 0.4) is 0 Å². The zero-order valence-electron chi connectivity index (χ0n) is 11.7. The molecule has 0 unspecified atom stereocenters. The SMILES string of the molecule is CCN(C)CCc1c[nH]c2ccc3oc(C)nc3c12. The molecule has 0 saturated heterocycles. The summed E-state index contributed by atoms with van der Waals surface area (Å²) in [5.41, 5.74) is 4.30. The monoisotopic (exact) mass is 257 g/mol. The van der Waals surface area contributed by atoms with E-state index in [-0.39, 0.29) is 0 Å². The minimum absolute atomic E-state index is 0.723. The van der Waals surface area contributed by atoms with E-state index in [1.54, 1.807) is 0 Å². The van der Waals surface area contributed by atoms with E-state index < -0.39 is 0 Å². The van der Waals surface area contributed by atoms with Gasteiger partial charge in [-0.1, -0.05) is 6.92 Å². The molecule has 4 heteroatoms. The molecule has 0 amide bonds. The number of likely N-dealkylation sites (N-methyl/N-ethyl adjacent to an activating group) is 1. The Bertz CT molecular complexity index is 711. The van der Waals surface area contributed by atoms with Crippen molar-refractivity contribution >= 4 is 22.0 Å². The lowest BCUT2D eigenvalue weighted by atomic mass is 10.1. The molecular weight excluding hydrogens is 238 g/mol. The van der Waals surface area contributed by atoms with Gasteiger partial charge in [0.2, 0.25) is 0 Å². The van der Waals surface area contributed by atoms with Crippen LogP contribution in [0, 0.1) is 6.92 Å². The Labute approximate surface area is 112 Å². The summed E-state index contributed by atoms with van der Waals surface area (Å²) in [6.45, 7) is 6.19. The predicted molar refractivity (Wildman–Crippen MR) is 77.5 cm³/mol. The summed E-state index contributed by atoms with van der Waals surface area (Å²) >= 11 is 0. The quantitative estimate of drug-likeness (QED) is 0.781. The number of benzene rings is 1. The summed E-state index contributed by atoms with van der Waals surface area (Å²) in [7, 11) is 2.14. The van der Waals surface area contributed by atoms with Gasteiger partial charge in [-0.25, -0.2) is 4.98 Å². The van der Waals surface area contributed by atoms with Gasteiger partial charge in [0.1, 0.15) is 5.52 Å². The Morgan fingerprint density at radius 2 is 2.21 bits per heavy atom. The maximum absolute atomic E-state index is 5.61. The lowest BCUT2D eigenvalue weighted by molar-refractivity contribution is 0.358. The third-order valence-electron chi connectivity index (χ3n) is 3.69. The van der Waals surface area contributed by atoms with Gasteiger partial charge in [0.15, 0.2) is 11.5 Å². The zero-order valence-corrected chi connectivity index (χ0v) is 11.7. The van der Waals surface area contributed by atoms with Gasteiger partial charge in [-0.3, -0.25) is 0 Å². The molecule has 0 saturated carbocycles. The molecule has 0 fully saturated rings. The highest BCUT2D eigenvalue weighted by Crippen LogP contribution is 2.28. The lowest BCUT2D eigenvalue weighted by Gasteiger charge is -2.12. The van der Waals surface area contributed by atoms with Crippen molar-refractivity contribution < 1.29 is 4.42 Å². The number of nitrogens with one attached hydrogen (secondary N) is 1. The maximum Gasteiger partial charge on any atom is 0.192 e. The van der Waals surface area contributed by atoms with Crippen LogP contribution in [0.5, 0.6) is 0 Å². The van der Waals surface area contributed by atoms with Gasteiger partial charge in [-0.2, -0.15) is 0 Å². The van der Waals surface area contributed by atoms with Gasteiger partial charge < -0.3 is 14.3 Å². The molecule has 19 heavy (non-hydrogen) atoms. The van der Waals surface area contributed by atoms with E-state index >= 15 is 0 Å². The van der Waals surface area contributed by atoms with Crippen molar-refractivity contribution in [2.45, 2.75) is 20.3 Å². The first-order valence-electron chi connectivity index (χ1n) is 6.73. The molecule has 0 bridgehead atoms. The molecule has 1 N–H and O–H groups in total. The second kappa shape index (κ2) is 4.70. The first-order chi connectivity index (χ1) is 9.19. The van der Waals surface area contributed by atoms with Crippen molar-refractivity contribution in [2.24, 2.45) is 0 Å². The third-order valence-corrected chi connectivity index (χ3v) is 3.69. The van der Waals surface area contributed by atoms with Crippen LogP contribution < -0.4 is 0 Å². The van der Waals surface area contributed by atoms with Gasteiger partial charge in [0.05, 0.1) is 0 Å². The number of oxazole rings is 1. The molecule has 0 spiro atoms. The standard InChI is InChI=1S/C15H19N3O/c1-4-18(3)8-7-11-9-16-12-5-6-13-15(14(11)12)17-10(2)19-13/h5-6,9,16H,4,7-8H2,1-3H3. The average molecular weight is 257 g/mol. The molecule has 100 valence electrons. The molecule has 3 aromatic rings. The van der Waals surface area contributed by atoms with Crippen LogP contribution >= 0.6 is 0 Å². The van der Waals surface area contributed by atoms with Crippen LogP contribution in [0.4, 0.5) is 0 Å². The number of hydrogen-bond donors (Lipinski definition) is 1. The fraction of sp³-hybridized carbons (Fsp3) is 0.400. The highest BCUT2D eigenvalue weighted by Gasteiger charge is 2.12. The Balaban J connectivity index is 2.07. The predicted octanol–water partition coefficient (Wildman–Crippen LogP) is 3.11. The average Bonchev–Trinajstić information content (AvgIpc) is 2.97. The van der Waals surface area contributed by atoms with Gasteiger partial charge in [0.25, 0.3) is 0 Å². The highest BCUT2D eigenvalue weighted by molar-refractivity contribution is 6.04. The summed E-state index contributed by atoms with van der Waals surface area (Å²) in [6, 6.07) is 4.05. The molecule has 0 radical (unpaired) electrons. The molecular formula is C15H19N3O. The fourth-order valence-corrected chi connectivity index (χ4v) is 2.45. The normalized spacial score (nSPS) is 12.0. The molecule has 0 aliphatic rings. The number of aromatic amines is 1. The fourth-order valence-electron chi connectivity index (χ4n) is 2.45. The first-order valence-corrected chi connectivity index (χ1v) is 6.73. The molecule has 1 aromatic carbocycles. The molecule has 3 rings (SSSR count). The van der Waals surface area contributed by atoms with Crippen molar-refractivity contribution in [3.63, 3.8) is 0 Å². The lowest BCUT2D eigenvalue weighted by Crippen LogP contribution is -2.20. The number of H-pyrrole nitrogens is 1. The molecule has 2 heterocycles. The number of nitrogens with zero attached hydrogens (tertiary/aromatic N) is 2. The van der Waals surface area contributed by atoms with E-state index in [1.165, 1.54) is 10.9 Å². The summed E-state index contributed by atoms with van der Waals surface area (Å²) in [6.07, 6.45) is 3.12. The number of aromatic nitrogens is 2. The van der Waals surface area contributed by atoms with Crippen LogP contribution in [-0.2, 0) is 6.42 Å². The van der Waals surface area contributed by atoms with Crippen LogP contribution in [0.15, 0.2) is 22.7 Å². The van der Waals surface area contributed by atoms with Crippen molar-refractivity contribution in [1.29, 1.82) is 0 Å². The number of rotatable bonds is 4. The zero-order chi connectivity index (χ0) is 13.4. The minimum Gasteiger partial charge on any atom is -0.441 e. The smallest absolute Gasteiger partial charge is 0.192 e. The maximum atomic E-state index is 5.61. The minimum atomic E-state index is 0.723. The highest BCUT2D eigenvalue weighted by atomic mass is 16.3. The van der Waals surface area contributed by atoms with Gasteiger partial charge in [-0.15, -0.1) is 0 Å². The van der Waals surface area contributed by atoms with Gasteiger partial charge in [-0.05, 0) is 37.7 Å². The third kappa shape index (κ3) is 2.12. The van der Waals surface area contributed by atoms with Crippen LogP contribution in [0.1, 0.15) is 18.4 Å². The summed E-state index contributed by atoms with van der Waals surface area (Å²) in [5, 5.41) is 1.21. The van der Waals surface area contributed by atoms with E-state index in [0.29, 0.717) is 0 Å². The Morgan fingerprint density at radius 1 is 1.37 bits per heavy atom. The van der Waals surface area contributed by atoms with Crippen LogP contribution in [0.2, 0.25) is 0 Å². The second-order valence-corrected chi connectivity index (χ2v) is 5.03. The topological polar surface area (TPSA) is 45.1 Å². The number of hydrogen-bond acceptors (Lipinski definition) is 3. The second-order valence-electron chi connectivity index (χ2n) is 5.03. The largest absolute Gasteiger partial charge is 0.441 e. The first kappa shape index (κ1) is 12.2. The molecule has 4 nitrogen and oxygen atoms in total. The Hall–Kier alpha value is -1.81. The summed E-state index contributed by atoms with van der Waals surface area (Å²) in [5.74, 6) is 0.723. The van der Waals surface area contributed by atoms with Crippen LogP contribution in [-0.4, -0.2) is 35.0 Å². The molecule has 0 atom stereocenters. The summed E-state index contributed by atoms with van der Waals surface area (Å²) < 4.78 is 5.61. The van der Waals surface area contributed by atoms with E-state index in [9.17, 15) is 0 Å². The Morgan fingerprint density at radius 3 is 3.00 bits per heavy atom. The van der Waals surface area contributed by atoms with E-state index in [4.69, 9.17) is 4.42 Å².